The van der Waals surface area contributed by atoms with Crippen molar-refractivity contribution in [3.05, 3.63) is 35.1 Å². The van der Waals surface area contributed by atoms with E-state index in [0.717, 1.165) is 43.6 Å². The van der Waals surface area contributed by atoms with Gasteiger partial charge in [0.25, 0.3) is 0 Å². The van der Waals surface area contributed by atoms with Crippen LogP contribution < -0.4 is 5.73 Å². The Bertz CT molecular complexity index is 370. The van der Waals surface area contributed by atoms with Gasteiger partial charge in [0.1, 0.15) is 5.82 Å². The molecule has 0 aliphatic carbocycles. The zero-order valence-electron chi connectivity index (χ0n) is 10.2. The summed E-state index contributed by atoms with van der Waals surface area (Å²) in [7, 11) is 0. The van der Waals surface area contributed by atoms with Crippen LogP contribution in [0.15, 0.2) is 18.2 Å². The predicted molar refractivity (Wildman–Crippen MR) is 70.9 cm³/mol. The van der Waals surface area contributed by atoms with Gasteiger partial charge in [-0.1, -0.05) is 6.07 Å². The van der Waals surface area contributed by atoms with Crippen molar-refractivity contribution in [2.24, 2.45) is 5.73 Å². The highest BCUT2D eigenvalue weighted by Crippen LogP contribution is 2.16. The highest BCUT2D eigenvalue weighted by Gasteiger charge is 2.17. The van der Waals surface area contributed by atoms with Gasteiger partial charge in [-0.25, -0.2) is 4.39 Å². The topological polar surface area (TPSA) is 29.3 Å². The Morgan fingerprint density at radius 3 is 2.94 bits per heavy atom. The van der Waals surface area contributed by atoms with Crippen molar-refractivity contribution in [3.63, 3.8) is 0 Å². The summed E-state index contributed by atoms with van der Waals surface area (Å²) in [6.07, 6.45) is 2.26. The summed E-state index contributed by atoms with van der Waals surface area (Å²) in [4.78, 5) is 2.32. The van der Waals surface area contributed by atoms with Gasteiger partial charge >= 0.3 is 0 Å². The molecule has 4 heteroatoms. The van der Waals surface area contributed by atoms with Crippen molar-refractivity contribution < 1.29 is 4.39 Å². The van der Waals surface area contributed by atoms with Crippen LogP contribution in [0, 0.1) is 12.7 Å². The molecule has 17 heavy (non-hydrogen) atoms. The number of benzene rings is 1. The van der Waals surface area contributed by atoms with Gasteiger partial charge in [0, 0.05) is 19.1 Å². The Labute approximate surface area is 108 Å². The largest absolute Gasteiger partial charge is 0.327 e. The van der Waals surface area contributed by atoms with E-state index in [4.69, 9.17) is 5.73 Å². The Morgan fingerprint density at radius 2 is 2.24 bits per heavy atom. The van der Waals surface area contributed by atoms with E-state index in [1.165, 1.54) is 6.07 Å². The van der Waals surface area contributed by atoms with Crippen LogP contribution in [0.4, 0.5) is 4.39 Å². The minimum absolute atomic E-state index is 0. The average Bonchev–Trinajstić information content (AvgIpc) is 2.24. The van der Waals surface area contributed by atoms with Gasteiger partial charge in [-0.05, 0) is 49.6 Å². The molecule has 1 fully saturated rings. The molecule has 0 spiro atoms. The molecule has 0 unspecified atom stereocenters. The molecule has 1 aliphatic heterocycles. The molecule has 1 heterocycles. The highest BCUT2D eigenvalue weighted by molar-refractivity contribution is 5.85. The van der Waals surface area contributed by atoms with E-state index in [9.17, 15) is 4.39 Å². The molecule has 0 amide bonds. The minimum Gasteiger partial charge on any atom is -0.327 e. The van der Waals surface area contributed by atoms with Crippen LogP contribution in [0.3, 0.4) is 0 Å². The molecular formula is C13H20ClFN2. The second-order valence-corrected chi connectivity index (χ2v) is 4.71. The molecule has 2 rings (SSSR count). The number of aryl methyl sites for hydroxylation is 1. The van der Waals surface area contributed by atoms with E-state index in [0.29, 0.717) is 0 Å². The third-order valence-electron chi connectivity index (χ3n) is 3.25. The number of piperidine rings is 1. The molecule has 1 saturated heterocycles. The SMILES string of the molecule is Cc1ccc(F)cc1CN1CCC[C@@H](N)C1.Cl. The van der Waals surface area contributed by atoms with Crippen molar-refractivity contribution >= 4 is 12.4 Å². The van der Waals surface area contributed by atoms with Crippen LogP contribution in [0.5, 0.6) is 0 Å². The van der Waals surface area contributed by atoms with E-state index >= 15 is 0 Å². The van der Waals surface area contributed by atoms with Crippen LogP contribution in [-0.2, 0) is 6.54 Å². The predicted octanol–water partition coefficient (Wildman–Crippen LogP) is 2.48. The number of nitrogens with zero attached hydrogens (tertiary/aromatic N) is 1. The van der Waals surface area contributed by atoms with E-state index in [-0.39, 0.29) is 24.3 Å². The zero-order chi connectivity index (χ0) is 11.5. The molecule has 1 aliphatic rings. The summed E-state index contributed by atoms with van der Waals surface area (Å²) in [6.45, 7) is 4.84. The van der Waals surface area contributed by atoms with Crippen molar-refractivity contribution in [1.29, 1.82) is 0 Å². The van der Waals surface area contributed by atoms with Crippen LogP contribution in [0.25, 0.3) is 0 Å². The van der Waals surface area contributed by atoms with Crippen molar-refractivity contribution in [2.45, 2.75) is 32.4 Å². The third-order valence-corrected chi connectivity index (χ3v) is 3.25. The monoisotopic (exact) mass is 258 g/mol. The molecule has 0 bridgehead atoms. The summed E-state index contributed by atoms with van der Waals surface area (Å²) in [6, 6.07) is 5.27. The van der Waals surface area contributed by atoms with Crippen molar-refractivity contribution in [2.75, 3.05) is 13.1 Å². The lowest BCUT2D eigenvalue weighted by Gasteiger charge is -2.31. The van der Waals surface area contributed by atoms with E-state index < -0.39 is 0 Å². The highest BCUT2D eigenvalue weighted by atomic mass is 35.5. The molecule has 1 aromatic carbocycles. The Morgan fingerprint density at radius 1 is 1.47 bits per heavy atom. The summed E-state index contributed by atoms with van der Waals surface area (Å²) in [5, 5.41) is 0. The first kappa shape index (κ1) is 14.4. The van der Waals surface area contributed by atoms with Crippen molar-refractivity contribution in [3.8, 4) is 0 Å². The third kappa shape index (κ3) is 3.95. The van der Waals surface area contributed by atoms with Crippen LogP contribution >= 0.6 is 12.4 Å². The summed E-state index contributed by atoms with van der Waals surface area (Å²) in [5.74, 6) is -0.151. The smallest absolute Gasteiger partial charge is 0.123 e. The van der Waals surface area contributed by atoms with Crippen LogP contribution in [0.2, 0.25) is 0 Å². The molecule has 0 saturated carbocycles. The molecule has 0 radical (unpaired) electrons. The summed E-state index contributed by atoms with van der Waals surface area (Å²) < 4.78 is 13.1. The van der Waals surface area contributed by atoms with Crippen molar-refractivity contribution in [1.82, 2.24) is 4.90 Å². The maximum Gasteiger partial charge on any atom is 0.123 e. The molecule has 0 aromatic heterocycles. The lowest BCUT2D eigenvalue weighted by molar-refractivity contribution is 0.201. The van der Waals surface area contributed by atoms with Crippen LogP contribution in [-0.4, -0.2) is 24.0 Å². The standard InChI is InChI=1S/C13H19FN2.ClH/c1-10-4-5-12(14)7-11(10)8-16-6-2-3-13(15)9-16;/h4-5,7,13H,2-3,6,8-9,15H2,1H3;1H/t13-;/m1./s1. The normalized spacial score (nSPS) is 21.0. The second kappa shape index (κ2) is 6.34. The maximum absolute atomic E-state index is 13.1. The average molecular weight is 259 g/mol. The van der Waals surface area contributed by atoms with Gasteiger partial charge in [-0.15, -0.1) is 12.4 Å². The lowest BCUT2D eigenvalue weighted by Crippen LogP contribution is -2.42. The van der Waals surface area contributed by atoms with Gasteiger partial charge in [0.15, 0.2) is 0 Å². The molecule has 1 aromatic rings. The quantitative estimate of drug-likeness (QED) is 0.883. The number of halogens is 2. The number of hydrogen-bond acceptors (Lipinski definition) is 2. The van der Waals surface area contributed by atoms with Crippen LogP contribution in [0.1, 0.15) is 24.0 Å². The fraction of sp³-hybridized carbons (Fsp3) is 0.538. The number of likely N-dealkylation sites (tertiary alicyclic amines) is 1. The zero-order valence-corrected chi connectivity index (χ0v) is 11.0. The summed E-state index contributed by atoms with van der Waals surface area (Å²) in [5.41, 5.74) is 8.16. The fourth-order valence-electron chi connectivity index (χ4n) is 2.29. The first-order chi connectivity index (χ1) is 7.65. The second-order valence-electron chi connectivity index (χ2n) is 4.71. The molecule has 2 N–H and O–H groups in total. The van der Waals surface area contributed by atoms with Gasteiger partial charge in [-0.2, -0.15) is 0 Å². The van der Waals surface area contributed by atoms with Gasteiger partial charge in [-0.3, -0.25) is 4.90 Å². The molecule has 2 nitrogen and oxygen atoms in total. The van der Waals surface area contributed by atoms with E-state index in [1.807, 2.05) is 13.0 Å². The lowest BCUT2D eigenvalue weighted by atomic mass is 10.0. The number of nitrogens with two attached hydrogens (primary N) is 1. The van der Waals surface area contributed by atoms with E-state index in [1.54, 1.807) is 6.07 Å². The van der Waals surface area contributed by atoms with Gasteiger partial charge < -0.3 is 5.73 Å². The Hall–Kier alpha value is -0.640. The van der Waals surface area contributed by atoms with Gasteiger partial charge in [0.2, 0.25) is 0 Å². The maximum atomic E-state index is 13.1. The molecule has 96 valence electrons. The Balaban J connectivity index is 0.00000144. The first-order valence-electron chi connectivity index (χ1n) is 5.88. The number of hydrogen-bond donors (Lipinski definition) is 1. The molecular weight excluding hydrogens is 239 g/mol. The first-order valence-corrected chi connectivity index (χ1v) is 5.88. The Kier molecular flexibility index (Phi) is 5.37. The summed E-state index contributed by atoms with van der Waals surface area (Å²) >= 11 is 0. The van der Waals surface area contributed by atoms with E-state index in [2.05, 4.69) is 4.90 Å². The van der Waals surface area contributed by atoms with Gasteiger partial charge in [0.05, 0.1) is 0 Å². The number of rotatable bonds is 2. The fourth-order valence-corrected chi connectivity index (χ4v) is 2.29. The molecule has 1 atom stereocenters. The minimum atomic E-state index is -0.151.